The summed E-state index contributed by atoms with van der Waals surface area (Å²) in [4.78, 5) is 0. The highest BCUT2D eigenvalue weighted by atomic mass is 35.5. The summed E-state index contributed by atoms with van der Waals surface area (Å²) in [6, 6.07) is 12.4. The smallest absolute Gasteiger partial charge is 0.141 e. The molecular formula is C16H16ClFN4. The standard InChI is InChI=1S/C16H16ClFN4/c1-2-5-16(19-11-8-9-13(18)12(17)10-11)22-15-7-4-3-6-14(15)20-21-22/h3-4,6-10,16,19H,2,5H2,1H3/t16-/m0/s1. The van der Waals surface area contributed by atoms with Crippen LogP contribution in [-0.4, -0.2) is 15.0 Å². The molecule has 3 aromatic rings. The molecule has 6 heteroatoms. The summed E-state index contributed by atoms with van der Waals surface area (Å²) in [5, 5.41) is 11.9. The second kappa shape index (κ2) is 6.32. The Morgan fingerprint density at radius 1 is 1.27 bits per heavy atom. The monoisotopic (exact) mass is 318 g/mol. The van der Waals surface area contributed by atoms with Gasteiger partial charge in [0.2, 0.25) is 0 Å². The lowest BCUT2D eigenvalue weighted by Gasteiger charge is -2.20. The number of halogens is 2. The van der Waals surface area contributed by atoms with Gasteiger partial charge < -0.3 is 5.32 Å². The fraction of sp³-hybridized carbons (Fsp3) is 0.250. The molecule has 22 heavy (non-hydrogen) atoms. The van der Waals surface area contributed by atoms with Crippen LogP contribution >= 0.6 is 11.6 Å². The highest BCUT2D eigenvalue weighted by molar-refractivity contribution is 6.31. The fourth-order valence-corrected chi connectivity index (χ4v) is 2.61. The van der Waals surface area contributed by atoms with Gasteiger partial charge in [-0.05, 0) is 36.8 Å². The Bertz CT molecular complexity index is 787. The maximum absolute atomic E-state index is 13.3. The lowest BCUT2D eigenvalue weighted by molar-refractivity contribution is 0.467. The van der Waals surface area contributed by atoms with E-state index >= 15 is 0 Å². The molecule has 4 nitrogen and oxygen atoms in total. The normalized spacial score (nSPS) is 12.5. The Morgan fingerprint density at radius 2 is 2.09 bits per heavy atom. The lowest BCUT2D eigenvalue weighted by Crippen LogP contribution is -2.19. The van der Waals surface area contributed by atoms with Gasteiger partial charge in [0.1, 0.15) is 17.5 Å². The average molecular weight is 319 g/mol. The van der Waals surface area contributed by atoms with Gasteiger partial charge in [0, 0.05) is 5.69 Å². The molecule has 0 amide bonds. The molecule has 0 saturated heterocycles. The molecular weight excluding hydrogens is 303 g/mol. The van der Waals surface area contributed by atoms with Gasteiger partial charge in [0.15, 0.2) is 0 Å². The third kappa shape index (κ3) is 2.90. The van der Waals surface area contributed by atoms with Crippen molar-refractivity contribution in [3.05, 3.63) is 53.3 Å². The second-order valence-corrected chi connectivity index (χ2v) is 5.51. The van der Waals surface area contributed by atoms with E-state index in [0.29, 0.717) is 0 Å². The fourth-order valence-electron chi connectivity index (χ4n) is 2.42. The summed E-state index contributed by atoms with van der Waals surface area (Å²) in [6.45, 7) is 2.10. The minimum absolute atomic E-state index is 0.0704. The molecule has 3 rings (SSSR count). The molecule has 0 bridgehead atoms. The molecule has 1 atom stereocenters. The number of nitrogens with one attached hydrogen (secondary N) is 1. The van der Waals surface area contributed by atoms with E-state index in [0.717, 1.165) is 29.6 Å². The van der Waals surface area contributed by atoms with Crippen LogP contribution in [0.3, 0.4) is 0 Å². The summed E-state index contributed by atoms with van der Waals surface area (Å²) in [5.74, 6) is -0.425. The summed E-state index contributed by atoms with van der Waals surface area (Å²) in [7, 11) is 0. The van der Waals surface area contributed by atoms with Crippen LogP contribution in [-0.2, 0) is 0 Å². The molecule has 114 valence electrons. The predicted molar refractivity (Wildman–Crippen MR) is 86.5 cm³/mol. The Kier molecular flexibility index (Phi) is 4.24. The zero-order valence-electron chi connectivity index (χ0n) is 12.1. The number of nitrogens with zero attached hydrogens (tertiary/aromatic N) is 3. The Labute approximate surface area is 132 Å². The number of anilines is 1. The first-order valence-corrected chi connectivity index (χ1v) is 7.58. The SMILES string of the molecule is CCC[C@@H](Nc1ccc(F)c(Cl)c1)n1nnc2ccccc21. The Hall–Kier alpha value is -2.14. The molecule has 0 aliphatic rings. The lowest BCUT2D eigenvalue weighted by atomic mass is 10.2. The van der Waals surface area contributed by atoms with Crippen LogP contribution in [0.2, 0.25) is 5.02 Å². The summed E-state index contributed by atoms with van der Waals surface area (Å²) in [5.41, 5.74) is 2.56. The van der Waals surface area contributed by atoms with E-state index in [1.165, 1.54) is 6.07 Å². The number of hydrogen-bond donors (Lipinski definition) is 1. The molecule has 0 fully saturated rings. The first kappa shape index (κ1) is 14.8. The van der Waals surface area contributed by atoms with Crippen molar-refractivity contribution in [3.8, 4) is 0 Å². The van der Waals surface area contributed by atoms with Gasteiger partial charge in [0.25, 0.3) is 0 Å². The minimum atomic E-state index is -0.425. The van der Waals surface area contributed by atoms with E-state index < -0.39 is 5.82 Å². The molecule has 0 spiro atoms. The van der Waals surface area contributed by atoms with Crippen LogP contribution in [0.1, 0.15) is 25.9 Å². The molecule has 0 aliphatic carbocycles. The van der Waals surface area contributed by atoms with E-state index in [4.69, 9.17) is 11.6 Å². The maximum Gasteiger partial charge on any atom is 0.141 e. The number of hydrogen-bond acceptors (Lipinski definition) is 3. The molecule has 0 saturated carbocycles. The van der Waals surface area contributed by atoms with Gasteiger partial charge in [-0.15, -0.1) is 5.10 Å². The van der Waals surface area contributed by atoms with Gasteiger partial charge in [0.05, 0.1) is 10.5 Å². The van der Waals surface area contributed by atoms with Crippen molar-refractivity contribution in [1.82, 2.24) is 15.0 Å². The van der Waals surface area contributed by atoms with E-state index in [9.17, 15) is 4.39 Å². The van der Waals surface area contributed by atoms with Crippen LogP contribution in [0.25, 0.3) is 11.0 Å². The van der Waals surface area contributed by atoms with Gasteiger partial charge in [-0.1, -0.05) is 42.3 Å². The molecule has 0 aliphatic heterocycles. The van der Waals surface area contributed by atoms with Crippen molar-refractivity contribution in [2.45, 2.75) is 25.9 Å². The quantitative estimate of drug-likeness (QED) is 0.745. The predicted octanol–water partition coefficient (Wildman–Crippen LogP) is 4.63. The number of aromatic nitrogens is 3. The molecule has 0 radical (unpaired) electrons. The highest BCUT2D eigenvalue weighted by Crippen LogP contribution is 2.25. The molecule has 1 N–H and O–H groups in total. The minimum Gasteiger partial charge on any atom is -0.364 e. The number of rotatable bonds is 5. The van der Waals surface area contributed by atoms with Crippen LogP contribution in [0.5, 0.6) is 0 Å². The molecule has 1 aromatic heterocycles. The maximum atomic E-state index is 13.3. The Balaban J connectivity index is 1.93. The van der Waals surface area contributed by atoms with E-state index in [1.54, 1.807) is 12.1 Å². The average Bonchev–Trinajstić information content (AvgIpc) is 2.94. The van der Waals surface area contributed by atoms with Gasteiger partial charge in [-0.3, -0.25) is 0 Å². The first-order valence-electron chi connectivity index (χ1n) is 7.20. The van der Waals surface area contributed by atoms with Crippen molar-refractivity contribution in [2.24, 2.45) is 0 Å². The number of para-hydroxylation sites is 1. The second-order valence-electron chi connectivity index (χ2n) is 5.10. The van der Waals surface area contributed by atoms with Crippen molar-refractivity contribution in [2.75, 3.05) is 5.32 Å². The van der Waals surface area contributed by atoms with Gasteiger partial charge >= 0.3 is 0 Å². The zero-order valence-corrected chi connectivity index (χ0v) is 12.9. The van der Waals surface area contributed by atoms with E-state index in [2.05, 4.69) is 22.6 Å². The highest BCUT2D eigenvalue weighted by Gasteiger charge is 2.15. The van der Waals surface area contributed by atoms with Crippen molar-refractivity contribution < 1.29 is 4.39 Å². The van der Waals surface area contributed by atoms with Crippen molar-refractivity contribution >= 4 is 28.3 Å². The van der Waals surface area contributed by atoms with Crippen molar-refractivity contribution in [3.63, 3.8) is 0 Å². The van der Waals surface area contributed by atoms with Crippen LogP contribution in [0.15, 0.2) is 42.5 Å². The largest absolute Gasteiger partial charge is 0.364 e. The van der Waals surface area contributed by atoms with Crippen LogP contribution in [0.4, 0.5) is 10.1 Å². The van der Waals surface area contributed by atoms with Crippen LogP contribution in [0, 0.1) is 5.82 Å². The third-order valence-corrected chi connectivity index (χ3v) is 3.78. The van der Waals surface area contributed by atoms with Crippen molar-refractivity contribution in [1.29, 1.82) is 0 Å². The number of fused-ring (bicyclic) bond motifs is 1. The van der Waals surface area contributed by atoms with Gasteiger partial charge in [-0.2, -0.15) is 0 Å². The van der Waals surface area contributed by atoms with Crippen LogP contribution < -0.4 is 5.32 Å². The molecule has 2 aromatic carbocycles. The van der Waals surface area contributed by atoms with Gasteiger partial charge in [-0.25, -0.2) is 9.07 Å². The number of benzene rings is 2. The summed E-state index contributed by atoms with van der Waals surface area (Å²) < 4.78 is 15.1. The topological polar surface area (TPSA) is 42.7 Å². The zero-order chi connectivity index (χ0) is 15.5. The summed E-state index contributed by atoms with van der Waals surface area (Å²) in [6.07, 6.45) is 1.77. The molecule has 0 unspecified atom stereocenters. The Morgan fingerprint density at radius 3 is 2.86 bits per heavy atom. The van der Waals surface area contributed by atoms with E-state index in [-0.39, 0.29) is 11.2 Å². The third-order valence-electron chi connectivity index (χ3n) is 3.49. The summed E-state index contributed by atoms with van der Waals surface area (Å²) >= 11 is 5.84. The van der Waals surface area contributed by atoms with E-state index in [1.807, 2.05) is 28.9 Å². The molecule has 1 heterocycles. The first-order chi connectivity index (χ1) is 10.7.